The van der Waals surface area contributed by atoms with Crippen LogP contribution in [0.2, 0.25) is 0 Å². The highest BCUT2D eigenvalue weighted by atomic mass is 15.5. The van der Waals surface area contributed by atoms with Gasteiger partial charge in [0.15, 0.2) is 11.6 Å². The van der Waals surface area contributed by atoms with Crippen LogP contribution in [0.4, 0.5) is 0 Å². The molecule has 8 nitrogen and oxygen atoms in total. The smallest absolute Gasteiger partial charge is 0.157 e. The monoisotopic (exact) mass is 372 g/mol. The van der Waals surface area contributed by atoms with Gasteiger partial charge in [0.25, 0.3) is 0 Å². The second-order valence-corrected chi connectivity index (χ2v) is 7.17. The molecule has 1 saturated carbocycles. The minimum absolute atomic E-state index is 0.161. The lowest BCUT2D eigenvalue weighted by atomic mass is 10.1. The van der Waals surface area contributed by atoms with E-state index in [1.54, 1.807) is 17.2 Å². The summed E-state index contributed by atoms with van der Waals surface area (Å²) in [6.07, 6.45) is 6.45. The molecular formula is C20H20N8. The summed E-state index contributed by atoms with van der Waals surface area (Å²) in [5, 5.41) is 16.7. The summed E-state index contributed by atoms with van der Waals surface area (Å²) in [6, 6.07) is 14.1. The van der Waals surface area contributed by atoms with Gasteiger partial charge in [-0.2, -0.15) is 5.10 Å². The maximum absolute atomic E-state index is 4.95. The van der Waals surface area contributed by atoms with Gasteiger partial charge in [0.2, 0.25) is 0 Å². The second-order valence-electron chi connectivity index (χ2n) is 7.17. The molecule has 4 aromatic rings. The molecular weight excluding hydrogens is 352 g/mol. The van der Waals surface area contributed by atoms with Crippen molar-refractivity contribution in [3.63, 3.8) is 0 Å². The molecule has 3 aromatic heterocycles. The highest BCUT2D eigenvalue weighted by Crippen LogP contribution is 2.39. The van der Waals surface area contributed by atoms with E-state index in [9.17, 15) is 0 Å². The third-order valence-corrected chi connectivity index (χ3v) is 4.97. The maximum atomic E-state index is 4.95. The SMILES string of the molecule is Cc1cc(-n2nc(C3CC3)nc2[C@@H](Cc2ccccc2)n2cnnn2)ccn1. The van der Waals surface area contributed by atoms with Crippen molar-refractivity contribution >= 4 is 0 Å². The number of hydrogen-bond acceptors (Lipinski definition) is 6. The normalized spacial score (nSPS) is 14.9. The number of rotatable bonds is 6. The van der Waals surface area contributed by atoms with Gasteiger partial charge in [-0.3, -0.25) is 4.98 Å². The summed E-state index contributed by atoms with van der Waals surface area (Å²) >= 11 is 0. The summed E-state index contributed by atoms with van der Waals surface area (Å²) in [5.74, 6) is 2.19. The van der Waals surface area contributed by atoms with E-state index < -0.39 is 0 Å². The van der Waals surface area contributed by atoms with E-state index in [4.69, 9.17) is 10.1 Å². The molecule has 140 valence electrons. The Balaban J connectivity index is 1.63. The van der Waals surface area contributed by atoms with Crippen molar-refractivity contribution in [2.75, 3.05) is 0 Å². The molecule has 28 heavy (non-hydrogen) atoms. The molecule has 3 heterocycles. The zero-order valence-electron chi connectivity index (χ0n) is 15.5. The van der Waals surface area contributed by atoms with E-state index in [2.05, 4.69) is 32.6 Å². The number of pyridine rings is 1. The Hall–Kier alpha value is -3.42. The number of benzene rings is 1. The summed E-state index contributed by atoms with van der Waals surface area (Å²) < 4.78 is 3.69. The van der Waals surface area contributed by atoms with Crippen LogP contribution < -0.4 is 0 Å². The minimum atomic E-state index is -0.161. The molecule has 0 unspecified atom stereocenters. The number of hydrogen-bond donors (Lipinski definition) is 0. The molecule has 0 bridgehead atoms. The second kappa shape index (κ2) is 6.95. The molecule has 1 aliphatic carbocycles. The first-order valence-corrected chi connectivity index (χ1v) is 9.44. The Morgan fingerprint density at radius 3 is 2.71 bits per heavy atom. The maximum Gasteiger partial charge on any atom is 0.157 e. The fraction of sp³-hybridized carbons (Fsp3) is 0.300. The van der Waals surface area contributed by atoms with E-state index in [0.717, 1.165) is 42.3 Å². The lowest BCUT2D eigenvalue weighted by Crippen LogP contribution is -2.19. The summed E-state index contributed by atoms with van der Waals surface area (Å²) in [6.45, 7) is 1.98. The largest absolute Gasteiger partial charge is 0.261 e. The van der Waals surface area contributed by atoms with Gasteiger partial charge in [-0.15, -0.1) is 5.10 Å². The zero-order valence-corrected chi connectivity index (χ0v) is 15.5. The van der Waals surface area contributed by atoms with Crippen molar-refractivity contribution in [3.05, 3.63) is 77.9 Å². The molecule has 0 amide bonds. The number of aryl methyl sites for hydroxylation is 1. The zero-order chi connectivity index (χ0) is 18.9. The Labute approximate surface area is 162 Å². The van der Waals surface area contributed by atoms with Crippen molar-refractivity contribution in [2.45, 2.75) is 38.1 Å². The van der Waals surface area contributed by atoms with Crippen molar-refractivity contribution in [1.29, 1.82) is 0 Å². The Morgan fingerprint density at radius 2 is 2.00 bits per heavy atom. The van der Waals surface area contributed by atoms with Gasteiger partial charge < -0.3 is 0 Å². The van der Waals surface area contributed by atoms with E-state index in [1.807, 2.05) is 41.9 Å². The molecule has 1 aliphatic rings. The van der Waals surface area contributed by atoms with Crippen molar-refractivity contribution in [1.82, 2.24) is 40.0 Å². The van der Waals surface area contributed by atoms with Gasteiger partial charge in [-0.05, 0) is 47.9 Å². The van der Waals surface area contributed by atoms with Gasteiger partial charge in [0.1, 0.15) is 12.4 Å². The first-order chi connectivity index (χ1) is 13.8. The lowest BCUT2D eigenvalue weighted by molar-refractivity contribution is 0.471. The van der Waals surface area contributed by atoms with Crippen molar-refractivity contribution in [3.8, 4) is 5.69 Å². The average molecular weight is 372 g/mol. The molecule has 5 rings (SSSR count). The Kier molecular flexibility index (Phi) is 4.16. The predicted octanol–water partition coefficient (Wildman–Crippen LogP) is 2.67. The van der Waals surface area contributed by atoms with Crippen LogP contribution in [0.1, 0.15) is 47.7 Å². The third-order valence-electron chi connectivity index (χ3n) is 4.97. The summed E-state index contributed by atoms with van der Waals surface area (Å²) in [7, 11) is 0. The van der Waals surface area contributed by atoms with Crippen LogP contribution in [0.25, 0.3) is 5.69 Å². The first kappa shape index (κ1) is 16.7. The van der Waals surface area contributed by atoms with Crippen LogP contribution in [-0.4, -0.2) is 40.0 Å². The quantitative estimate of drug-likeness (QED) is 0.517. The van der Waals surface area contributed by atoms with Crippen molar-refractivity contribution in [2.24, 2.45) is 0 Å². The highest BCUT2D eigenvalue weighted by molar-refractivity contribution is 5.33. The molecule has 1 aromatic carbocycles. The number of nitrogens with zero attached hydrogens (tertiary/aromatic N) is 8. The minimum Gasteiger partial charge on any atom is -0.261 e. The van der Waals surface area contributed by atoms with Gasteiger partial charge in [0.05, 0.1) is 5.69 Å². The lowest BCUT2D eigenvalue weighted by Gasteiger charge is -2.17. The fourth-order valence-corrected chi connectivity index (χ4v) is 3.37. The molecule has 0 N–H and O–H groups in total. The van der Waals surface area contributed by atoms with Gasteiger partial charge in [0, 0.05) is 24.2 Å². The van der Waals surface area contributed by atoms with Gasteiger partial charge in [-0.25, -0.2) is 14.3 Å². The van der Waals surface area contributed by atoms with Crippen molar-refractivity contribution < 1.29 is 0 Å². The summed E-state index contributed by atoms with van der Waals surface area (Å²) in [5.41, 5.74) is 3.08. The Morgan fingerprint density at radius 1 is 1.14 bits per heavy atom. The first-order valence-electron chi connectivity index (χ1n) is 9.44. The van der Waals surface area contributed by atoms with Gasteiger partial charge in [-0.1, -0.05) is 30.3 Å². The summed E-state index contributed by atoms with van der Waals surface area (Å²) in [4.78, 5) is 9.26. The topological polar surface area (TPSA) is 87.2 Å². The van der Waals surface area contributed by atoms with E-state index >= 15 is 0 Å². The van der Waals surface area contributed by atoms with Gasteiger partial charge >= 0.3 is 0 Å². The average Bonchev–Trinajstić information content (AvgIpc) is 3.25. The molecule has 1 atom stereocenters. The fourth-order valence-electron chi connectivity index (χ4n) is 3.37. The third kappa shape index (κ3) is 3.28. The molecule has 0 saturated heterocycles. The number of aromatic nitrogens is 8. The Bertz CT molecular complexity index is 1070. The van der Waals surface area contributed by atoms with E-state index in [1.165, 1.54) is 5.56 Å². The molecule has 8 heteroatoms. The van der Waals surface area contributed by atoms with E-state index in [0.29, 0.717) is 5.92 Å². The molecule has 0 radical (unpaired) electrons. The molecule has 0 spiro atoms. The van der Waals surface area contributed by atoms with Crippen LogP contribution in [0.15, 0.2) is 55.0 Å². The van der Waals surface area contributed by atoms with Crippen LogP contribution >= 0.6 is 0 Å². The van der Waals surface area contributed by atoms with Crippen LogP contribution in [-0.2, 0) is 6.42 Å². The highest BCUT2D eigenvalue weighted by Gasteiger charge is 2.32. The predicted molar refractivity (Wildman–Crippen MR) is 102 cm³/mol. The van der Waals surface area contributed by atoms with Crippen LogP contribution in [0, 0.1) is 6.92 Å². The van der Waals surface area contributed by atoms with Crippen LogP contribution in [0.3, 0.4) is 0 Å². The standard InChI is InChI=1S/C20H20N8/c1-14-11-17(9-10-21-14)28-20(23-19(24-28)16-7-8-16)18(27-13-22-25-26-27)12-15-5-3-2-4-6-15/h2-6,9-11,13,16,18H,7-8,12H2,1H3/t18-/m1/s1. The van der Waals surface area contributed by atoms with Crippen LogP contribution in [0.5, 0.6) is 0 Å². The molecule has 1 fully saturated rings. The molecule has 0 aliphatic heterocycles. The van der Waals surface area contributed by atoms with E-state index in [-0.39, 0.29) is 6.04 Å². The number of tetrazole rings is 1.